The second-order valence-electron chi connectivity index (χ2n) is 5.61. The highest BCUT2D eigenvalue weighted by atomic mass is 16.6. The van der Waals surface area contributed by atoms with E-state index in [0.29, 0.717) is 17.9 Å². The molecular formula is C15H20N2O4. The average Bonchev–Trinajstić information content (AvgIpc) is 2.45. The van der Waals surface area contributed by atoms with Crippen LogP contribution in [0.25, 0.3) is 0 Å². The zero-order valence-electron chi connectivity index (χ0n) is 12.1. The summed E-state index contributed by atoms with van der Waals surface area (Å²) in [5, 5.41) is 19.8. The van der Waals surface area contributed by atoms with Gasteiger partial charge in [-0.15, -0.1) is 0 Å². The third-order valence-electron chi connectivity index (χ3n) is 4.04. The number of hydrogen-bond donors (Lipinski definition) is 1. The Morgan fingerprint density at radius 1 is 1.52 bits per heavy atom. The Labute approximate surface area is 123 Å². The summed E-state index contributed by atoms with van der Waals surface area (Å²) in [6, 6.07) is 5.30. The summed E-state index contributed by atoms with van der Waals surface area (Å²) in [5.41, 5.74) is 1.65. The molecule has 1 aromatic rings. The largest absolute Gasteiger partial charge is 0.481 e. The summed E-state index contributed by atoms with van der Waals surface area (Å²) >= 11 is 0. The lowest BCUT2D eigenvalue weighted by Crippen LogP contribution is -2.35. The number of nitrogens with zero attached hydrogens (tertiary/aromatic N) is 2. The lowest BCUT2D eigenvalue weighted by molar-refractivity contribution is -0.385. The fraction of sp³-hybridized carbons (Fsp3) is 0.533. The molecule has 1 heterocycles. The van der Waals surface area contributed by atoms with Crippen molar-refractivity contribution >= 4 is 17.3 Å². The number of piperidine rings is 1. The van der Waals surface area contributed by atoms with Crippen molar-refractivity contribution in [2.45, 2.75) is 32.6 Å². The van der Waals surface area contributed by atoms with Crippen molar-refractivity contribution in [1.29, 1.82) is 0 Å². The minimum atomic E-state index is -0.766. The Balaban J connectivity index is 2.09. The van der Waals surface area contributed by atoms with E-state index in [-0.39, 0.29) is 17.0 Å². The highest BCUT2D eigenvalue weighted by molar-refractivity contribution is 5.66. The van der Waals surface area contributed by atoms with Gasteiger partial charge < -0.3 is 10.0 Å². The molecule has 21 heavy (non-hydrogen) atoms. The maximum atomic E-state index is 11.0. The van der Waals surface area contributed by atoms with Gasteiger partial charge in [0.1, 0.15) is 0 Å². The minimum Gasteiger partial charge on any atom is -0.481 e. The maximum Gasteiger partial charge on any atom is 0.303 e. The third-order valence-corrected chi connectivity index (χ3v) is 4.04. The van der Waals surface area contributed by atoms with Crippen LogP contribution in [0.4, 0.5) is 11.4 Å². The quantitative estimate of drug-likeness (QED) is 0.666. The van der Waals surface area contributed by atoms with Crippen LogP contribution in [0, 0.1) is 23.0 Å². The van der Waals surface area contributed by atoms with E-state index in [1.54, 1.807) is 19.1 Å². The number of carbonyl (C=O) groups is 1. The Morgan fingerprint density at radius 3 is 2.95 bits per heavy atom. The van der Waals surface area contributed by atoms with Crippen LogP contribution < -0.4 is 4.90 Å². The van der Waals surface area contributed by atoms with Crippen LogP contribution in [0.15, 0.2) is 18.2 Å². The lowest BCUT2D eigenvalue weighted by Gasteiger charge is -2.34. The molecule has 1 fully saturated rings. The Hall–Kier alpha value is -2.11. The Kier molecular flexibility index (Phi) is 4.77. The number of nitro groups is 1. The van der Waals surface area contributed by atoms with Gasteiger partial charge in [0.15, 0.2) is 0 Å². The van der Waals surface area contributed by atoms with Crippen LogP contribution >= 0.6 is 0 Å². The number of anilines is 1. The molecule has 0 spiro atoms. The molecule has 1 N–H and O–H groups in total. The second kappa shape index (κ2) is 6.56. The first-order valence-electron chi connectivity index (χ1n) is 7.19. The molecule has 0 radical (unpaired) electrons. The standard InChI is InChI=1S/C15H20N2O4/c1-11-4-6-13(9-14(11)17(20)21)16-8-2-3-12(10-16)5-7-15(18)19/h4,6,9,12H,2-3,5,7-8,10H2,1H3,(H,18,19). The van der Waals surface area contributed by atoms with Crippen LogP contribution in [-0.2, 0) is 4.79 Å². The van der Waals surface area contributed by atoms with E-state index in [0.717, 1.165) is 31.6 Å². The first-order chi connectivity index (χ1) is 9.97. The Bertz CT molecular complexity index is 544. The van der Waals surface area contributed by atoms with E-state index in [1.165, 1.54) is 0 Å². The van der Waals surface area contributed by atoms with Crippen molar-refractivity contribution in [3.8, 4) is 0 Å². The summed E-state index contributed by atoms with van der Waals surface area (Å²) in [4.78, 5) is 23.5. The number of carboxylic acids is 1. The smallest absolute Gasteiger partial charge is 0.303 e. The number of nitro benzene ring substituents is 1. The predicted octanol–water partition coefficient (Wildman–Crippen LogP) is 2.98. The number of aliphatic carboxylic acids is 1. The van der Waals surface area contributed by atoms with Gasteiger partial charge in [0.25, 0.3) is 5.69 Å². The summed E-state index contributed by atoms with van der Waals surface area (Å²) in [6.07, 6.45) is 2.87. The molecule has 1 saturated heterocycles. The molecule has 1 aromatic carbocycles. The second-order valence-corrected chi connectivity index (χ2v) is 5.61. The highest BCUT2D eigenvalue weighted by Crippen LogP contribution is 2.29. The van der Waals surface area contributed by atoms with Crippen molar-refractivity contribution in [1.82, 2.24) is 0 Å². The first-order valence-corrected chi connectivity index (χ1v) is 7.19. The molecule has 6 heteroatoms. The van der Waals surface area contributed by atoms with Crippen molar-refractivity contribution in [3.63, 3.8) is 0 Å². The van der Waals surface area contributed by atoms with E-state index in [9.17, 15) is 14.9 Å². The maximum absolute atomic E-state index is 11.0. The molecule has 114 valence electrons. The monoisotopic (exact) mass is 292 g/mol. The fourth-order valence-electron chi connectivity index (χ4n) is 2.85. The van der Waals surface area contributed by atoms with Crippen LogP contribution in [0.1, 0.15) is 31.2 Å². The summed E-state index contributed by atoms with van der Waals surface area (Å²) in [6.45, 7) is 3.37. The molecule has 1 unspecified atom stereocenters. The Morgan fingerprint density at radius 2 is 2.29 bits per heavy atom. The molecular weight excluding hydrogens is 272 g/mol. The lowest BCUT2D eigenvalue weighted by atomic mass is 9.93. The van der Waals surface area contributed by atoms with Gasteiger partial charge in [-0.1, -0.05) is 6.07 Å². The van der Waals surface area contributed by atoms with Gasteiger partial charge >= 0.3 is 5.97 Å². The number of carboxylic acid groups (broad SMARTS) is 1. The third kappa shape index (κ3) is 3.93. The molecule has 0 aromatic heterocycles. The minimum absolute atomic E-state index is 0.139. The molecule has 0 amide bonds. The molecule has 2 rings (SSSR count). The van der Waals surface area contributed by atoms with Crippen molar-refractivity contribution < 1.29 is 14.8 Å². The van der Waals surface area contributed by atoms with E-state index in [1.807, 2.05) is 6.07 Å². The van der Waals surface area contributed by atoms with Crippen molar-refractivity contribution in [3.05, 3.63) is 33.9 Å². The van der Waals surface area contributed by atoms with E-state index >= 15 is 0 Å². The summed E-state index contributed by atoms with van der Waals surface area (Å²) in [7, 11) is 0. The molecule has 0 aliphatic carbocycles. The highest BCUT2D eigenvalue weighted by Gasteiger charge is 2.22. The normalized spacial score (nSPS) is 18.5. The topological polar surface area (TPSA) is 83.7 Å². The van der Waals surface area contributed by atoms with E-state index in [4.69, 9.17) is 5.11 Å². The zero-order valence-corrected chi connectivity index (χ0v) is 12.1. The molecule has 6 nitrogen and oxygen atoms in total. The van der Waals surface area contributed by atoms with Gasteiger partial charge in [0, 0.05) is 36.8 Å². The van der Waals surface area contributed by atoms with Crippen molar-refractivity contribution in [2.75, 3.05) is 18.0 Å². The van der Waals surface area contributed by atoms with Crippen LogP contribution in [0.2, 0.25) is 0 Å². The van der Waals surface area contributed by atoms with Gasteiger partial charge in [-0.3, -0.25) is 14.9 Å². The molecule has 0 bridgehead atoms. The van der Waals surface area contributed by atoms with Gasteiger partial charge in [0.05, 0.1) is 4.92 Å². The first kappa shape index (κ1) is 15.3. The predicted molar refractivity (Wildman–Crippen MR) is 79.6 cm³/mol. The SMILES string of the molecule is Cc1ccc(N2CCCC(CCC(=O)O)C2)cc1[N+](=O)[O-]. The van der Waals surface area contributed by atoms with Gasteiger partial charge in [-0.05, 0) is 38.2 Å². The van der Waals surface area contributed by atoms with Gasteiger partial charge in [-0.25, -0.2) is 0 Å². The summed E-state index contributed by atoms with van der Waals surface area (Å²) < 4.78 is 0. The zero-order chi connectivity index (χ0) is 15.4. The molecule has 0 saturated carbocycles. The van der Waals surface area contributed by atoms with Crippen molar-refractivity contribution in [2.24, 2.45) is 5.92 Å². The molecule has 1 aliphatic heterocycles. The van der Waals surface area contributed by atoms with E-state index < -0.39 is 5.97 Å². The number of aryl methyl sites for hydroxylation is 1. The van der Waals surface area contributed by atoms with Gasteiger partial charge in [0.2, 0.25) is 0 Å². The molecule has 1 aliphatic rings. The van der Waals surface area contributed by atoms with Crippen LogP contribution in [-0.4, -0.2) is 29.1 Å². The van der Waals surface area contributed by atoms with Crippen LogP contribution in [0.3, 0.4) is 0 Å². The van der Waals surface area contributed by atoms with Gasteiger partial charge in [-0.2, -0.15) is 0 Å². The molecule has 1 atom stereocenters. The van der Waals surface area contributed by atoms with Crippen LogP contribution in [0.5, 0.6) is 0 Å². The number of hydrogen-bond acceptors (Lipinski definition) is 4. The summed E-state index contributed by atoms with van der Waals surface area (Å²) in [5.74, 6) is -0.423. The fourth-order valence-corrected chi connectivity index (χ4v) is 2.85. The number of rotatable bonds is 5. The number of benzene rings is 1. The van der Waals surface area contributed by atoms with E-state index in [2.05, 4.69) is 4.90 Å². The average molecular weight is 292 g/mol.